The molecule has 0 bridgehead atoms. The monoisotopic (exact) mass is 371 g/mol. The summed E-state index contributed by atoms with van der Waals surface area (Å²) in [5.74, 6) is -0.666. The fourth-order valence-corrected chi connectivity index (χ4v) is 2.26. The van der Waals surface area contributed by atoms with Crippen molar-refractivity contribution in [2.45, 2.75) is 6.92 Å². The molecule has 2 N–H and O–H groups in total. The number of benzene rings is 1. The summed E-state index contributed by atoms with van der Waals surface area (Å²) in [5, 5.41) is 5.59. The standard InChI is InChI=1S/C14H12BrClFN3O/c1-2-18-13-9(6-8(15)7-19-13)14(21)20-12-10(16)4-3-5-11(12)17/h3-7H,2H2,1H3,(H,18,19)(H,20,21). The summed E-state index contributed by atoms with van der Waals surface area (Å²) >= 11 is 9.16. The summed E-state index contributed by atoms with van der Waals surface area (Å²) in [4.78, 5) is 16.5. The number of halogens is 3. The molecule has 0 aliphatic rings. The van der Waals surface area contributed by atoms with E-state index in [1.165, 1.54) is 18.2 Å². The molecule has 0 aliphatic heterocycles. The van der Waals surface area contributed by atoms with Gasteiger partial charge in [0.15, 0.2) is 0 Å². The SMILES string of the molecule is CCNc1ncc(Br)cc1C(=O)Nc1c(F)cccc1Cl. The summed E-state index contributed by atoms with van der Waals surface area (Å²) in [5.41, 5.74) is 0.247. The van der Waals surface area contributed by atoms with Crippen molar-refractivity contribution >= 4 is 44.9 Å². The second-order valence-electron chi connectivity index (χ2n) is 4.13. The minimum absolute atomic E-state index is 0.0495. The second kappa shape index (κ2) is 6.87. The van der Waals surface area contributed by atoms with Crippen LogP contribution in [0.2, 0.25) is 5.02 Å². The van der Waals surface area contributed by atoms with Crippen molar-refractivity contribution in [1.82, 2.24) is 4.98 Å². The molecule has 0 atom stereocenters. The van der Waals surface area contributed by atoms with E-state index >= 15 is 0 Å². The van der Waals surface area contributed by atoms with E-state index in [2.05, 4.69) is 31.5 Å². The Bertz CT molecular complexity index is 661. The highest BCUT2D eigenvalue weighted by Crippen LogP contribution is 2.26. The number of nitrogens with one attached hydrogen (secondary N) is 2. The van der Waals surface area contributed by atoms with Crippen molar-refractivity contribution in [3.8, 4) is 0 Å². The molecule has 0 fully saturated rings. The van der Waals surface area contributed by atoms with E-state index in [-0.39, 0.29) is 10.7 Å². The normalized spacial score (nSPS) is 10.3. The molecule has 4 nitrogen and oxygen atoms in total. The molecule has 21 heavy (non-hydrogen) atoms. The van der Waals surface area contributed by atoms with Crippen molar-refractivity contribution in [2.24, 2.45) is 0 Å². The van der Waals surface area contributed by atoms with Crippen LogP contribution in [0.25, 0.3) is 0 Å². The summed E-state index contributed by atoms with van der Waals surface area (Å²) in [6.07, 6.45) is 1.57. The van der Waals surface area contributed by atoms with Gasteiger partial charge in [-0.1, -0.05) is 17.7 Å². The molecule has 1 aromatic carbocycles. The molecule has 0 saturated heterocycles. The number of rotatable bonds is 4. The molecule has 0 saturated carbocycles. The van der Waals surface area contributed by atoms with Gasteiger partial charge in [0, 0.05) is 17.2 Å². The fourth-order valence-electron chi connectivity index (χ4n) is 1.72. The van der Waals surface area contributed by atoms with Gasteiger partial charge in [0.25, 0.3) is 5.91 Å². The molecule has 1 heterocycles. The van der Waals surface area contributed by atoms with E-state index in [4.69, 9.17) is 11.6 Å². The molecule has 7 heteroatoms. The zero-order valence-electron chi connectivity index (χ0n) is 11.1. The lowest BCUT2D eigenvalue weighted by Gasteiger charge is -2.12. The van der Waals surface area contributed by atoms with Crippen LogP contribution in [0, 0.1) is 5.82 Å². The summed E-state index contributed by atoms with van der Waals surface area (Å²) < 4.78 is 14.4. The van der Waals surface area contributed by atoms with Crippen LogP contribution >= 0.6 is 27.5 Å². The van der Waals surface area contributed by atoms with Gasteiger partial charge < -0.3 is 10.6 Å². The van der Waals surface area contributed by atoms with Crippen molar-refractivity contribution in [3.05, 3.63) is 51.3 Å². The Morgan fingerprint density at radius 1 is 1.48 bits per heavy atom. The maximum absolute atomic E-state index is 13.7. The summed E-state index contributed by atoms with van der Waals surface area (Å²) in [6, 6.07) is 5.81. The number of amides is 1. The fraction of sp³-hybridized carbons (Fsp3) is 0.143. The highest BCUT2D eigenvalue weighted by atomic mass is 79.9. The molecule has 0 radical (unpaired) electrons. The molecule has 2 rings (SSSR count). The molecule has 1 aromatic heterocycles. The number of nitrogens with zero attached hydrogens (tertiary/aromatic N) is 1. The molecule has 0 aliphatic carbocycles. The average Bonchev–Trinajstić information content (AvgIpc) is 2.45. The molecule has 110 valence electrons. The third kappa shape index (κ3) is 3.71. The maximum Gasteiger partial charge on any atom is 0.259 e. The number of para-hydroxylation sites is 1. The number of carbonyl (C=O) groups is 1. The Morgan fingerprint density at radius 3 is 2.90 bits per heavy atom. The van der Waals surface area contributed by atoms with Crippen LogP contribution in [0.1, 0.15) is 17.3 Å². The first-order valence-corrected chi connectivity index (χ1v) is 7.34. The van der Waals surface area contributed by atoms with Gasteiger partial charge in [0.2, 0.25) is 0 Å². The Kier molecular flexibility index (Phi) is 5.14. The summed E-state index contributed by atoms with van der Waals surface area (Å²) in [6.45, 7) is 2.49. The molecule has 2 aromatic rings. The molecular weight excluding hydrogens is 361 g/mol. The van der Waals surface area contributed by atoms with Crippen LogP contribution < -0.4 is 10.6 Å². The van der Waals surface area contributed by atoms with Crippen molar-refractivity contribution < 1.29 is 9.18 Å². The minimum atomic E-state index is -0.594. The Balaban J connectivity index is 2.34. The zero-order chi connectivity index (χ0) is 15.4. The minimum Gasteiger partial charge on any atom is -0.370 e. The topological polar surface area (TPSA) is 54.0 Å². The van der Waals surface area contributed by atoms with Gasteiger partial charge >= 0.3 is 0 Å². The van der Waals surface area contributed by atoms with Crippen molar-refractivity contribution in [1.29, 1.82) is 0 Å². The first-order chi connectivity index (χ1) is 10.0. The maximum atomic E-state index is 13.7. The number of carbonyl (C=O) groups excluding carboxylic acids is 1. The van der Waals surface area contributed by atoms with Gasteiger partial charge in [-0.25, -0.2) is 9.37 Å². The van der Waals surface area contributed by atoms with Crippen LogP contribution in [0.3, 0.4) is 0 Å². The smallest absolute Gasteiger partial charge is 0.259 e. The summed E-state index contributed by atoms with van der Waals surface area (Å²) in [7, 11) is 0. The number of pyridine rings is 1. The number of anilines is 2. The lowest BCUT2D eigenvalue weighted by molar-refractivity contribution is 0.102. The highest BCUT2D eigenvalue weighted by Gasteiger charge is 2.16. The van der Waals surface area contributed by atoms with E-state index in [1.54, 1.807) is 12.3 Å². The predicted molar refractivity (Wildman–Crippen MR) is 85.5 cm³/mol. The molecule has 0 unspecified atom stereocenters. The molecular formula is C14H12BrClFN3O. The first kappa shape index (κ1) is 15.7. The average molecular weight is 373 g/mol. The van der Waals surface area contributed by atoms with Crippen LogP contribution in [-0.4, -0.2) is 17.4 Å². The van der Waals surface area contributed by atoms with E-state index in [0.29, 0.717) is 22.4 Å². The zero-order valence-corrected chi connectivity index (χ0v) is 13.4. The van der Waals surface area contributed by atoms with Crippen LogP contribution in [0.5, 0.6) is 0 Å². The third-order valence-electron chi connectivity index (χ3n) is 2.64. The highest BCUT2D eigenvalue weighted by molar-refractivity contribution is 9.10. The van der Waals surface area contributed by atoms with Gasteiger partial charge in [0.1, 0.15) is 11.6 Å². The van der Waals surface area contributed by atoms with Gasteiger partial charge in [-0.05, 0) is 41.1 Å². The van der Waals surface area contributed by atoms with E-state index < -0.39 is 11.7 Å². The van der Waals surface area contributed by atoms with Crippen LogP contribution in [0.15, 0.2) is 34.9 Å². The third-order valence-corrected chi connectivity index (χ3v) is 3.39. The van der Waals surface area contributed by atoms with Crippen molar-refractivity contribution in [3.63, 3.8) is 0 Å². The molecule has 1 amide bonds. The number of aromatic nitrogens is 1. The first-order valence-electron chi connectivity index (χ1n) is 6.17. The lowest BCUT2D eigenvalue weighted by Crippen LogP contribution is -2.17. The predicted octanol–water partition coefficient (Wildman–Crippen LogP) is 4.32. The van der Waals surface area contributed by atoms with Gasteiger partial charge in [0.05, 0.1) is 16.3 Å². The Morgan fingerprint density at radius 2 is 2.24 bits per heavy atom. The van der Waals surface area contributed by atoms with Gasteiger partial charge in [-0.3, -0.25) is 4.79 Å². The number of hydrogen-bond donors (Lipinski definition) is 2. The second-order valence-corrected chi connectivity index (χ2v) is 5.45. The number of hydrogen-bond acceptors (Lipinski definition) is 3. The van der Waals surface area contributed by atoms with Crippen molar-refractivity contribution in [2.75, 3.05) is 17.2 Å². The largest absolute Gasteiger partial charge is 0.370 e. The van der Waals surface area contributed by atoms with E-state index in [9.17, 15) is 9.18 Å². The van der Waals surface area contributed by atoms with Crippen LogP contribution in [0.4, 0.5) is 15.9 Å². The van der Waals surface area contributed by atoms with Gasteiger partial charge in [-0.2, -0.15) is 0 Å². The van der Waals surface area contributed by atoms with E-state index in [1.807, 2.05) is 6.92 Å². The Hall–Kier alpha value is -1.66. The Labute approximate surface area is 134 Å². The van der Waals surface area contributed by atoms with E-state index in [0.717, 1.165) is 0 Å². The molecule has 0 spiro atoms. The quantitative estimate of drug-likeness (QED) is 0.840. The van der Waals surface area contributed by atoms with Gasteiger partial charge in [-0.15, -0.1) is 0 Å². The lowest BCUT2D eigenvalue weighted by atomic mass is 10.2. The van der Waals surface area contributed by atoms with Crippen LogP contribution in [-0.2, 0) is 0 Å².